The number of ether oxygens (including phenoxy) is 2. The average molecular weight is 284 g/mol. The first kappa shape index (κ1) is 13.6. The third-order valence-corrected chi connectivity index (χ3v) is 4.16. The number of carbonyl (C=O) groups excluding carboxylic acids is 1. The van der Waals surface area contributed by atoms with E-state index in [-0.39, 0.29) is 31.3 Å². The van der Waals surface area contributed by atoms with Gasteiger partial charge in [0, 0.05) is 13.2 Å². The van der Waals surface area contributed by atoms with Crippen LogP contribution in [0, 0.1) is 5.92 Å². The topological polar surface area (TPSA) is 88.1 Å². The van der Waals surface area contributed by atoms with Crippen molar-refractivity contribution in [3.8, 4) is 0 Å². The largest absolute Gasteiger partial charge is 0.479 e. The van der Waals surface area contributed by atoms with Gasteiger partial charge < -0.3 is 24.8 Å². The Kier molecular flexibility index (Phi) is 3.80. The van der Waals surface area contributed by atoms with Gasteiger partial charge in [-0.25, -0.2) is 9.59 Å². The van der Waals surface area contributed by atoms with Crippen LogP contribution in [-0.2, 0) is 14.3 Å². The molecule has 3 atom stereocenters. The summed E-state index contributed by atoms with van der Waals surface area (Å²) in [6.45, 7) is 1.48. The summed E-state index contributed by atoms with van der Waals surface area (Å²) in [5, 5.41) is 11.9. The third-order valence-electron chi connectivity index (χ3n) is 4.16. The minimum atomic E-state index is -1.03. The molecule has 2 aliphatic heterocycles. The van der Waals surface area contributed by atoms with Crippen molar-refractivity contribution in [2.45, 2.75) is 37.5 Å². The van der Waals surface area contributed by atoms with Gasteiger partial charge in [-0.1, -0.05) is 0 Å². The summed E-state index contributed by atoms with van der Waals surface area (Å²) in [4.78, 5) is 24.7. The van der Waals surface area contributed by atoms with Crippen LogP contribution in [0.1, 0.15) is 19.3 Å². The van der Waals surface area contributed by atoms with E-state index in [1.54, 1.807) is 0 Å². The molecule has 20 heavy (non-hydrogen) atoms. The predicted octanol–water partition coefficient (Wildman–Crippen LogP) is 0.0489. The number of nitrogens with zero attached hydrogens (tertiary/aromatic N) is 1. The Labute approximate surface area is 117 Å². The normalized spacial score (nSPS) is 34.0. The monoisotopic (exact) mass is 284 g/mol. The number of rotatable bonds is 3. The Hall–Kier alpha value is -1.34. The van der Waals surface area contributed by atoms with Crippen LogP contribution < -0.4 is 5.32 Å². The molecular formula is C13H20N2O5. The molecule has 7 nitrogen and oxygen atoms in total. The zero-order chi connectivity index (χ0) is 14.1. The molecular weight excluding hydrogens is 264 g/mol. The maximum Gasteiger partial charge on any atom is 0.334 e. The SMILES string of the molecule is O=C(O)C1CN(C(=O)NC2CCOC2C2CC2)CCO1. The zero-order valence-electron chi connectivity index (χ0n) is 11.3. The number of aliphatic carboxylic acids is 1. The lowest BCUT2D eigenvalue weighted by Crippen LogP contribution is -2.54. The van der Waals surface area contributed by atoms with E-state index in [1.807, 2.05) is 0 Å². The molecule has 2 N–H and O–H groups in total. The van der Waals surface area contributed by atoms with E-state index in [1.165, 1.54) is 17.7 Å². The summed E-state index contributed by atoms with van der Waals surface area (Å²) in [7, 11) is 0. The highest BCUT2D eigenvalue weighted by molar-refractivity contribution is 5.77. The number of hydrogen-bond acceptors (Lipinski definition) is 4. The van der Waals surface area contributed by atoms with Crippen molar-refractivity contribution in [1.29, 1.82) is 0 Å². The summed E-state index contributed by atoms with van der Waals surface area (Å²) in [6.07, 6.45) is 2.40. The van der Waals surface area contributed by atoms with Gasteiger partial charge in [0.1, 0.15) is 0 Å². The van der Waals surface area contributed by atoms with Gasteiger partial charge in [-0.05, 0) is 25.2 Å². The van der Waals surface area contributed by atoms with Crippen LogP contribution in [0.5, 0.6) is 0 Å². The molecule has 2 amide bonds. The summed E-state index contributed by atoms with van der Waals surface area (Å²) in [5.41, 5.74) is 0. The lowest BCUT2D eigenvalue weighted by molar-refractivity contribution is -0.154. The van der Waals surface area contributed by atoms with Crippen LogP contribution >= 0.6 is 0 Å². The second kappa shape index (κ2) is 5.57. The Morgan fingerprint density at radius 2 is 1.95 bits per heavy atom. The quantitative estimate of drug-likeness (QED) is 0.764. The van der Waals surface area contributed by atoms with E-state index in [4.69, 9.17) is 14.6 Å². The number of carboxylic acids is 1. The Morgan fingerprint density at radius 3 is 2.65 bits per heavy atom. The second-order valence-electron chi connectivity index (χ2n) is 5.66. The number of amides is 2. The van der Waals surface area contributed by atoms with E-state index in [9.17, 15) is 9.59 Å². The van der Waals surface area contributed by atoms with Gasteiger partial charge in [0.05, 0.1) is 25.3 Å². The van der Waals surface area contributed by atoms with E-state index >= 15 is 0 Å². The smallest absolute Gasteiger partial charge is 0.334 e. The highest BCUT2D eigenvalue weighted by Gasteiger charge is 2.42. The molecule has 2 saturated heterocycles. The zero-order valence-corrected chi connectivity index (χ0v) is 11.3. The molecule has 3 unspecified atom stereocenters. The minimum Gasteiger partial charge on any atom is -0.479 e. The molecule has 0 radical (unpaired) electrons. The Morgan fingerprint density at radius 1 is 1.15 bits per heavy atom. The highest BCUT2D eigenvalue weighted by Crippen LogP contribution is 2.38. The van der Waals surface area contributed by atoms with Crippen molar-refractivity contribution in [3.63, 3.8) is 0 Å². The fraction of sp³-hybridized carbons (Fsp3) is 0.846. The van der Waals surface area contributed by atoms with Crippen LogP contribution in [0.4, 0.5) is 4.79 Å². The maximum absolute atomic E-state index is 12.2. The van der Waals surface area contributed by atoms with Crippen LogP contribution in [-0.4, -0.2) is 66.6 Å². The number of nitrogens with one attached hydrogen (secondary N) is 1. The van der Waals surface area contributed by atoms with Gasteiger partial charge in [-0.15, -0.1) is 0 Å². The Bertz CT molecular complexity index is 398. The molecule has 1 saturated carbocycles. The molecule has 1 aliphatic carbocycles. The predicted molar refractivity (Wildman–Crippen MR) is 68.3 cm³/mol. The number of carboxylic acid groups (broad SMARTS) is 1. The standard InChI is InChI=1S/C13H20N2O5/c16-12(17)10-7-15(4-6-19-10)13(18)14-9-3-5-20-11(9)8-1-2-8/h8-11H,1-7H2,(H,14,18)(H,16,17). The number of morpholine rings is 1. The molecule has 3 aliphatic rings. The van der Waals surface area contributed by atoms with Gasteiger partial charge in [0.25, 0.3) is 0 Å². The lowest BCUT2D eigenvalue weighted by atomic mass is 10.1. The van der Waals surface area contributed by atoms with E-state index in [0.29, 0.717) is 19.1 Å². The van der Waals surface area contributed by atoms with E-state index in [0.717, 1.165) is 6.42 Å². The van der Waals surface area contributed by atoms with Gasteiger partial charge in [0.2, 0.25) is 0 Å². The molecule has 0 aromatic carbocycles. The summed E-state index contributed by atoms with van der Waals surface area (Å²) >= 11 is 0. The summed E-state index contributed by atoms with van der Waals surface area (Å²) in [6, 6.07) is -0.151. The number of carbonyl (C=O) groups is 2. The molecule has 112 valence electrons. The first-order valence-electron chi connectivity index (χ1n) is 7.16. The minimum absolute atomic E-state index is 0.0566. The number of hydrogen-bond donors (Lipinski definition) is 2. The third kappa shape index (κ3) is 2.88. The fourth-order valence-electron chi connectivity index (χ4n) is 2.89. The average Bonchev–Trinajstić information content (AvgIpc) is 3.19. The van der Waals surface area contributed by atoms with Crippen molar-refractivity contribution in [3.05, 3.63) is 0 Å². The first-order valence-corrected chi connectivity index (χ1v) is 7.16. The molecule has 3 fully saturated rings. The van der Waals surface area contributed by atoms with Crippen molar-refractivity contribution < 1.29 is 24.2 Å². The van der Waals surface area contributed by atoms with Gasteiger partial charge >= 0.3 is 12.0 Å². The van der Waals surface area contributed by atoms with E-state index in [2.05, 4.69) is 5.32 Å². The molecule has 0 aromatic rings. The van der Waals surface area contributed by atoms with Crippen molar-refractivity contribution in [2.24, 2.45) is 5.92 Å². The van der Waals surface area contributed by atoms with Crippen LogP contribution in [0.2, 0.25) is 0 Å². The second-order valence-corrected chi connectivity index (χ2v) is 5.66. The maximum atomic E-state index is 12.2. The van der Waals surface area contributed by atoms with Crippen molar-refractivity contribution in [2.75, 3.05) is 26.3 Å². The molecule has 2 heterocycles. The van der Waals surface area contributed by atoms with Crippen LogP contribution in [0.25, 0.3) is 0 Å². The molecule has 0 aromatic heterocycles. The lowest BCUT2D eigenvalue weighted by Gasteiger charge is -2.32. The van der Waals surface area contributed by atoms with Gasteiger partial charge in [0.15, 0.2) is 6.10 Å². The van der Waals surface area contributed by atoms with Crippen molar-refractivity contribution >= 4 is 12.0 Å². The fourth-order valence-corrected chi connectivity index (χ4v) is 2.89. The van der Waals surface area contributed by atoms with Crippen LogP contribution in [0.15, 0.2) is 0 Å². The summed E-state index contributed by atoms with van der Waals surface area (Å²) in [5.74, 6) is -0.443. The Balaban J connectivity index is 1.54. The highest BCUT2D eigenvalue weighted by atomic mass is 16.5. The number of urea groups is 1. The first-order chi connectivity index (χ1) is 9.65. The van der Waals surface area contributed by atoms with Gasteiger partial charge in [-0.3, -0.25) is 0 Å². The van der Waals surface area contributed by atoms with Crippen molar-refractivity contribution in [1.82, 2.24) is 10.2 Å². The molecule has 3 rings (SSSR count). The van der Waals surface area contributed by atoms with E-state index < -0.39 is 12.1 Å². The summed E-state index contributed by atoms with van der Waals surface area (Å²) < 4.78 is 10.8. The molecule has 7 heteroatoms. The van der Waals surface area contributed by atoms with Crippen LogP contribution in [0.3, 0.4) is 0 Å². The molecule has 0 spiro atoms. The van der Waals surface area contributed by atoms with Gasteiger partial charge in [-0.2, -0.15) is 0 Å². The molecule has 0 bridgehead atoms.